The first-order valence-corrected chi connectivity index (χ1v) is 7.71. The molecule has 1 saturated carbocycles. The minimum Gasteiger partial charge on any atom is -0.352 e. The molecule has 1 aromatic rings. The molecular weight excluding hydrogens is 258 g/mol. The van der Waals surface area contributed by atoms with Gasteiger partial charge in [-0.05, 0) is 48.8 Å². The lowest BCUT2D eigenvalue weighted by atomic mass is 9.98. The third-order valence-corrected chi connectivity index (χ3v) is 4.56. The maximum absolute atomic E-state index is 12.1. The number of amides is 1. The van der Waals surface area contributed by atoms with Gasteiger partial charge in [0.05, 0.1) is 0 Å². The van der Waals surface area contributed by atoms with Crippen LogP contribution in [0.1, 0.15) is 42.1 Å². The first-order valence-electron chi connectivity index (χ1n) is 7.17. The molecule has 2 unspecified atom stereocenters. The monoisotopic (exact) mass is 279 g/mol. The van der Waals surface area contributed by atoms with Crippen LogP contribution in [0, 0.1) is 11.8 Å². The van der Waals surface area contributed by atoms with Gasteiger partial charge >= 0.3 is 0 Å². The van der Waals surface area contributed by atoms with E-state index in [1.54, 1.807) is 0 Å². The van der Waals surface area contributed by atoms with Gasteiger partial charge < -0.3 is 5.32 Å². The number of aryl methyl sites for hydroxylation is 1. The number of rotatable bonds is 5. The van der Waals surface area contributed by atoms with E-state index in [9.17, 15) is 4.79 Å². The Bertz CT molecular complexity index is 415. The van der Waals surface area contributed by atoms with Gasteiger partial charge in [0.2, 0.25) is 0 Å². The maximum Gasteiger partial charge on any atom is 0.251 e. The quantitative estimate of drug-likeness (QED) is 0.820. The molecule has 0 aromatic heterocycles. The highest BCUT2D eigenvalue weighted by atomic mass is 35.5. The molecule has 19 heavy (non-hydrogen) atoms. The summed E-state index contributed by atoms with van der Waals surface area (Å²) in [4.78, 5) is 12.1. The van der Waals surface area contributed by atoms with Gasteiger partial charge in [-0.15, -0.1) is 11.6 Å². The van der Waals surface area contributed by atoms with Crippen molar-refractivity contribution in [2.24, 2.45) is 11.8 Å². The Labute approximate surface area is 120 Å². The van der Waals surface area contributed by atoms with Crippen molar-refractivity contribution in [1.82, 2.24) is 5.32 Å². The number of hydrogen-bond donors (Lipinski definition) is 1. The van der Waals surface area contributed by atoms with Crippen LogP contribution in [-0.2, 0) is 6.42 Å². The molecule has 1 aromatic carbocycles. The van der Waals surface area contributed by atoms with Crippen molar-refractivity contribution in [2.45, 2.75) is 32.6 Å². The molecule has 2 rings (SSSR count). The Morgan fingerprint density at radius 1 is 1.26 bits per heavy atom. The van der Waals surface area contributed by atoms with Gasteiger partial charge in [0, 0.05) is 18.0 Å². The van der Waals surface area contributed by atoms with Crippen LogP contribution in [0.3, 0.4) is 0 Å². The largest absolute Gasteiger partial charge is 0.352 e. The van der Waals surface area contributed by atoms with E-state index in [0.717, 1.165) is 18.5 Å². The zero-order valence-electron chi connectivity index (χ0n) is 11.5. The highest BCUT2D eigenvalue weighted by molar-refractivity contribution is 6.18. The molecule has 3 heteroatoms. The number of hydrogen-bond acceptors (Lipinski definition) is 1. The fourth-order valence-electron chi connectivity index (χ4n) is 2.80. The van der Waals surface area contributed by atoms with Crippen molar-refractivity contribution in [3.63, 3.8) is 0 Å². The van der Waals surface area contributed by atoms with E-state index in [-0.39, 0.29) is 5.91 Å². The topological polar surface area (TPSA) is 29.1 Å². The molecule has 104 valence electrons. The average Bonchev–Trinajstić information content (AvgIpc) is 2.92. The number of carbonyl (C=O) groups is 1. The summed E-state index contributed by atoms with van der Waals surface area (Å²) in [5.74, 6) is 1.87. The van der Waals surface area contributed by atoms with E-state index < -0.39 is 0 Å². The first-order chi connectivity index (χ1) is 9.24. The van der Waals surface area contributed by atoms with Crippen LogP contribution < -0.4 is 5.32 Å². The zero-order chi connectivity index (χ0) is 13.7. The normalized spacial score (nSPS) is 22.4. The summed E-state index contributed by atoms with van der Waals surface area (Å²) in [6.07, 6.45) is 4.63. The minimum atomic E-state index is 0.0304. The van der Waals surface area contributed by atoms with Crippen LogP contribution in [0.15, 0.2) is 24.3 Å². The average molecular weight is 280 g/mol. The molecule has 1 N–H and O–H groups in total. The van der Waals surface area contributed by atoms with E-state index >= 15 is 0 Å². The Kier molecular flexibility index (Phi) is 5.26. The third kappa shape index (κ3) is 3.73. The minimum absolute atomic E-state index is 0.0304. The van der Waals surface area contributed by atoms with E-state index in [2.05, 4.69) is 12.2 Å². The summed E-state index contributed by atoms with van der Waals surface area (Å²) < 4.78 is 0. The van der Waals surface area contributed by atoms with Crippen LogP contribution in [-0.4, -0.2) is 18.3 Å². The van der Waals surface area contributed by atoms with Crippen molar-refractivity contribution in [3.05, 3.63) is 35.4 Å². The highest BCUT2D eigenvalue weighted by Crippen LogP contribution is 2.31. The summed E-state index contributed by atoms with van der Waals surface area (Å²) in [6.45, 7) is 2.87. The van der Waals surface area contributed by atoms with Gasteiger partial charge in [-0.2, -0.15) is 0 Å². The van der Waals surface area contributed by atoms with Gasteiger partial charge in [0.25, 0.3) is 5.91 Å². The van der Waals surface area contributed by atoms with E-state index in [1.807, 2.05) is 24.3 Å². The van der Waals surface area contributed by atoms with Gasteiger partial charge in [-0.1, -0.05) is 25.5 Å². The summed E-state index contributed by atoms with van der Waals surface area (Å²) in [7, 11) is 0. The van der Waals surface area contributed by atoms with Crippen molar-refractivity contribution in [3.8, 4) is 0 Å². The molecule has 0 radical (unpaired) electrons. The maximum atomic E-state index is 12.1. The number of carbonyl (C=O) groups excluding carboxylic acids is 1. The first kappa shape index (κ1) is 14.4. The van der Waals surface area contributed by atoms with Crippen molar-refractivity contribution < 1.29 is 4.79 Å². The van der Waals surface area contributed by atoms with Crippen LogP contribution in [0.25, 0.3) is 0 Å². The summed E-state index contributed by atoms with van der Waals surface area (Å²) in [5.41, 5.74) is 2.01. The number of benzene rings is 1. The van der Waals surface area contributed by atoms with Crippen molar-refractivity contribution in [1.29, 1.82) is 0 Å². The zero-order valence-corrected chi connectivity index (χ0v) is 12.2. The lowest BCUT2D eigenvalue weighted by Crippen LogP contribution is -2.31. The summed E-state index contributed by atoms with van der Waals surface area (Å²) in [6, 6.07) is 7.85. The third-order valence-electron chi connectivity index (χ3n) is 4.16. The predicted octanol–water partition coefficient (Wildman–Crippen LogP) is 3.63. The second-order valence-corrected chi connectivity index (χ2v) is 5.67. The summed E-state index contributed by atoms with van der Waals surface area (Å²) >= 11 is 5.96. The fraction of sp³-hybridized carbons (Fsp3) is 0.562. The predicted molar refractivity (Wildman–Crippen MR) is 79.7 cm³/mol. The number of alkyl halides is 1. The summed E-state index contributed by atoms with van der Waals surface area (Å²) in [5, 5.41) is 3.05. The van der Waals surface area contributed by atoms with Gasteiger partial charge in [0.15, 0.2) is 0 Å². The second-order valence-electron chi connectivity index (χ2n) is 5.37. The Hall–Kier alpha value is -1.02. The molecule has 0 spiro atoms. The molecule has 0 saturated heterocycles. The van der Waals surface area contributed by atoms with Crippen LogP contribution in [0.5, 0.6) is 0 Å². The molecule has 0 bridgehead atoms. The number of halogens is 1. The SMILES string of the molecule is CCc1ccc(C(=O)NCC2CCCC2CCl)cc1. The Balaban J connectivity index is 1.86. The highest BCUT2D eigenvalue weighted by Gasteiger charge is 2.26. The Morgan fingerprint density at radius 3 is 2.58 bits per heavy atom. The van der Waals surface area contributed by atoms with E-state index in [1.165, 1.54) is 24.8 Å². The smallest absolute Gasteiger partial charge is 0.251 e. The van der Waals surface area contributed by atoms with Crippen LogP contribution in [0.2, 0.25) is 0 Å². The van der Waals surface area contributed by atoms with E-state index in [0.29, 0.717) is 17.7 Å². The number of nitrogens with one attached hydrogen (secondary N) is 1. The van der Waals surface area contributed by atoms with Gasteiger partial charge in [0.1, 0.15) is 0 Å². The van der Waals surface area contributed by atoms with Gasteiger partial charge in [-0.3, -0.25) is 4.79 Å². The lowest BCUT2D eigenvalue weighted by molar-refractivity contribution is 0.0944. The van der Waals surface area contributed by atoms with Crippen LogP contribution >= 0.6 is 11.6 Å². The molecule has 0 heterocycles. The molecule has 1 aliphatic carbocycles. The van der Waals surface area contributed by atoms with Crippen molar-refractivity contribution in [2.75, 3.05) is 12.4 Å². The van der Waals surface area contributed by atoms with Gasteiger partial charge in [-0.25, -0.2) is 0 Å². The standard InChI is InChI=1S/C16H22ClNO/c1-2-12-6-8-13(9-7-12)16(19)18-11-15-5-3-4-14(15)10-17/h6-9,14-15H,2-5,10-11H2,1H3,(H,18,19). The molecular formula is C16H22ClNO. The fourth-order valence-corrected chi connectivity index (χ4v) is 3.21. The molecule has 2 atom stereocenters. The molecule has 1 fully saturated rings. The van der Waals surface area contributed by atoms with Crippen LogP contribution in [0.4, 0.5) is 0 Å². The molecule has 2 nitrogen and oxygen atoms in total. The molecule has 1 amide bonds. The molecule has 1 aliphatic rings. The molecule has 0 aliphatic heterocycles. The van der Waals surface area contributed by atoms with Crippen molar-refractivity contribution >= 4 is 17.5 Å². The Morgan fingerprint density at radius 2 is 1.95 bits per heavy atom. The lowest BCUT2D eigenvalue weighted by Gasteiger charge is -2.17. The van der Waals surface area contributed by atoms with E-state index in [4.69, 9.17) is 11.6 Å². The second kappa shape index (κ2) is 6.95.